The Morgan fingerprint density at radius 1 is 0.526 bits per heavy atom. The second-order valence-corrected chi connectivity index (χ2v) is 14.9. The fraction of sp³-hybridized carbons (Fsp3) is 0.0909. The Balaban J connectivity index is 0.00000455. The van der Waals surface area contributed by atoms with E-state index in [4.69, 9.17) is 29.4 Å². The number of methoxy groups -OCH3 is 2. The van der Waals surface area contributed by atoms with E-state index in [1.807, 2.05) is 110 Å². The Hall–Kier alpha value is -6.24. The maximum absolute atomic E-state index is 12.4. The first-order valence-corrected chi connectivity index (χ1v) is 19.4. The number of esters is 2. The monoisotopic (exact) mass is 827 g/mol. The van der Waals surface area contributed by atoms with E-state index in [1.54, 1.807) is 46.9 Å². The average Bonchev–Trinajstić information content (AvgIpc) is 4.09. The summed E-state index contributed by atoms with van der Waals surface area (Å²) < 4.78 is 14.1. The van der Waals surface area contributed by atoms with Gasteiger partial charge in [-0.3, -0.25) is 0 Å². The normalized spacial score (nSPS) is 11.7. The second kappa shape index (κ2) is 15.4. The molecule has 0 spiro atoms. The average molecular weight is 828 g/mol. The molecule has 279 valence electrons. The molecule has 7 heterocycles. The van der Waals surface area contributed by atoms with Gasteiger partial charge in [-0.05, 0) is 70.8 Å². The molecule has 9 rings (SSSR count). The number of fused-ring (bicyclic) bond motifs is 8. The SMILES string of the molecule is COC(=O)c1ccc(-c2c3nc(c(-c4scc[n+]4C)c4ccc([n-]4)c(-c4ccc(C(=O)OC)cc4)c4nc(c(-c5scc[n+]5C)c5ccc2[n-]5)C=C4)C=C3)cc1.[Mn+2]. The third-order valence-electron chi connectivity index (χ3n) is 9.80. The summed E-state index contributed by atoms with van der Waals surface area (Å²) in [5.74, 6) is -0.815. The third kappa shape index (κ3) is 6.74. The Morgan fingerprint density at radius 2 is 0.860 bits per heavy atom. The van der Waals surface area contributed by atoms with Crippen LogP contribution in [-0.4, -0.2) is 36.1 Å². The molecule has 0 amide bonds. The molecule has 0 fully saturated rings. The molecule has 57 heavy (non-hydrogen) atoms. The Labute approximate surface area is 346 Å². The van der Waals surface area contributed by atoms with Gasteiger partial charge in [0.1, 0.15) is 14.1 Å². The number of benzene rings is 2. The first kappa shape index (κ1) is 37.7. The van der Waals surface area contributed by atoms with Gasteiger partial charge in [0, 0.05) is 0 Å². The van der Waals surface area contributed by atoms with Crippen molar-refractivity contribution in [1.29, 1.82) is 0 Å². The Morgan fingerprint density at radius 3 is 1.18 bits per heavy atom. The van der Waals surface area contributed by atoms with E-state index in [-0.39, 0.29) is 17.1 Å². The molecule has 10 nitrogen and oxygen atoms in total. The molecule has 2 aliphatic heterocycles. The van der Waals surface area contributed by atoms with Crippen molar-refractivity contribution >= 4 is 81.0 Å². The van der Waals surface area contributed by atoms with E-state index in [0.717, 1.165) is 88.2 Å². The van der Waals surface area contributed by atoms with Crippen molar-refractivity contribution in [2.45, 2.75) is 0 Å². The van der Waals surface area contributed by atoms with Gasteiger partial charge in [-0.15, -0.1) is 22.1 Å². The van der Waals surface area contributed by atoms with Crippen LogP contribution in [0.3, 0.4) is 0 Å². The maximum atomic E-state index is 12.4. The largest absolute Gasteiger partial charge is 2.00 e. The maximum Gasteiger partial charge on any atom is 2.00 e. The van der Waals surface area contributed by atoms with Crippen molar-refractivity contribution < 1.29 is 45.3 Å². The van der Waals surface area contributed by atoms with Gasteiger partial charge in [-0.2, -0.15) is 9.13 Å². The van der Waals surface area contributed by atoms with E-state index >= 15 is 0 Å². The summed E-state index contributed by atoms with van der Waals surface area (Å²) in [5, 5.41) is 6.06. The molecule has 0 atom stereocenters. The molecule has 0 aliphatic carbocycles. The number of hydrogen-bond donors (Lipinski definition) is 0. The molecule has 2 aliphatic rings. The summed E-state index contributed by atoms with van der Waals surface area (Å²) in [6, 6.07) is 22.7. The van der Waals surface area contributed by atoms with Gasteiger partial charge < -0.3 is 19.4 Å². The zero-order valence-corrected chi connectivity index (χ0v) is 33.9. The van der Waals surface area contributed by atoms with Crippen molar-refractivity contribution in [3.8, 4) is 43.4 Å². The van der Waals surface area contributed by atoms with Gasteiger partial charge >= 0.3 is 29.0 Å². The first-order chi connectivity index (χ1) is 27.3. The number of carbonyl (C=O) groups is 2. The molecular weight excluding hydrogens is 796 g/mol. The van der Waals surface area contributed by atoms with E-state index in [9.17, 15) is 9.59 Å². The number of rotatable bonds is 6. The number of thiazole rings is 2. The zero-order chi connectivity index (χ0) is 38.5. The summed E-state index contributed by atoms with van der Waals surface area (Å²) in [5.41, 5.74) is 11.9. The predicted octanol–water partition coefficient (Wildman–Crippen LogP) is 7.92. The summed E-state index contributed by atoms with van der Waals surface area (Å²) in [4.78, 5) is 46.0. The second-order valence-electron chi connectivity index (χ2n) is 13.1. The van der Waals surface area contributed by atoms with Crippen molar-refractivity contribution in [2.75, 3.05) is 14.2 Å². The van der Waals surface area contributed by atoms with Crippen molar-refractivity contribution in [2.24, 2.45) is 14.1 Å². The van der Waals surface area contributed by atoms with Crippen molar-refractivity contribution in [3.63, 3.8) is 0 Å². The standard InChI is InChI=1S/C44H32N6O4S2.Mn/c1-49-21-23-55-41(49)39-33-17-13-29(45-33)37(25-5-9-27(10-6-25)43(51)53-3)31-15-19-35(47-31)40(42-50(2)22-24-56-42)36-20-16-32(48-36)38(30-14-18-34(39)46-30)26-7-11-28(12-8-26)44(52)54-4;/h5-24H,1-4H3;/q;+2. The Bertz CT molecular complexity index is 2750. The summed E-state index contributed by atoms with van der Waals surface area (Å²) in [7, 11) is 6.77. The molecule has 0 N–H and O–H groups in total. The molecule has 8 bridgehead atoms. The van der Waals surface area contributed by atoms with Crippen LogP contribution in [0.1, 0.15) is 43.5 Å². The fourth-order valence-electron chi connectivity index (χ4n) is 7.04. The number of aryl methyl sites for hydroxylation is 2. The van der Waals surface area contributed by atoms with Crippen LogP contribution < -0.4 is 19.1 Å². The van der Waals surface area contributed by atoms with E-state index in [0.29, 0.717) is 11.1 Å². The summed E-state index contributed by atoms with van der Waals surface area (Å²) >= 11 is 3.22. The topological polar surface area (TPSA) is 114 Å². The van der Waals surface area contributed by atoms with Crippen LogP contribution in [0.15, 0.2) is 96.0 Å². The van der Waals surface area contributed by atoms with Crippen molar-refractivity contribution in [3.05, 3.63) is 130 Å². The van der Waals surface area contributed by atoms with Crippen LogP contribution in [0.25, 0.3) is 89.8 Å². The minimum absolute atomic E-state index is 0. The van der Waals surface area contributed by atoms with E-state index < -0.39 is 11.9 Å². The Kier molecular flexibility index (Phi) is 10.2. The van der Waals surface area contributed by atoms with Gasteiger partial charge in [0.2, 0.25) is 0 Å². The number of nitrogens with zero attached hydrogens (tertiary/aromatic N) is 6. The van der Waals surface area contributed by atoms with Crippen LogP contribution >= 0.6 is 22.7 Å². The smallest absolute Gasteiger partial charge is 0.657 e. The minimum atomic E-state index is -0.408. The van der Waals surface area contributed by atoms with Gasteiger partial charge in [0.15, 0.2) is 12.4 Å². The zero-order valence-electron chi connectivity index (χ0n) is 31.1. The third-order valence-corrected chi connectivity index (χ3v) is 11.7. The number of carbonyl (C=O) groups excluding carboxylic acids is 2. The molecule has 0 saturated carbocycles. The van der Waals surface area contributed by atoms with Crippen LogP contribution in [0.5, 0.6) is 0 Å². The molecule has 7 aromatic rings. The van der Waals surface area contributed by atoms with Gasteiger partial charge in [0.05, 0.1) is 70.0 Å². The van der Waals surface area contributed by atoms with Crippen molar-refractivity contribution in [1.82, 2.24) is 19.9 Å². The van der Waals surface area contributed by atoms with Gasteiger partial charge in [-0.25, -0.2) is 19.6 Å². The number of hydrogen-bond acceptors (Lipinski definition) is 8. The summed E-state index contributed by atoms with van der Waals surface area (Å²) in [6.07, 6.45) is 12.1. The number of ether oxygens (including phenoxy) is 2. The number of aromatic nitrogens is 6. The quantitative estimate of drug-likeness (QED) is 0.0944. The van der Waals surface area contributed by atoms with Crippen LogP contribution in [0.2, 0.25) is 0 Å². The minimum Gasteiger partial charge on any atom is -0.657 e. The first-order valence-electron chi connectivity index (χ1n) is 17.6. The van der Waals surface area contributed by atoms with Gasteiger partial charge in [-0.1, -0.05) is 71.2 Å². The molecule has 13 heteroatoms. The molecule has 1 radical (unpaired) electrons. The summed E-state index contributed by atoms with van der Waals surface area (Å²) in [6.45, 7) is 0. The molecule has 2 aromatic carbocycles. The fourth-order valence-corrected chi connectivity index (χ4v) is 8.90. The van der Waals surface area contributed by atoms with E-state index in [2.05, 4.69) is 9.13 Å². The molecule has 0 unspecified atom stereocenters. The molecular formula is C44H32MnN6O4S2+2. The predicted molar refractivity (Wildman–Crippen MR) is 219 cm³/mol. The van der Waals surface area contributed by atoms with Crippen LogP contribution in [0, 0.1) is 0 Å². The molecule has 5 aromatic heterocycles. The van der Waals surface area contributed by atoms with Gasteiger partial charge in [0.25, 0.3) is 10.0 Å². The van der Waals surface area contributed by atoms with Crippen LogP contribution in [0.4, 0.5) is 0 Å². The van der Waals surface area contributed by atoms with E-state index in [1.165, 1.54) is 14.2 Å². The molecule has 0 saturated heterocycles. The van der Waals surface area contributed by atoms with Crippen LogP contribution in [-0.2, 0) is 40.6 Å².